The van der Waals surface area contributed by atoms with Gasteiger partial charge in [-0.2, -0.15) is 0 Å². The van der Waals surface area contributed by atoms with Gasteiger partial charge in [-0.3, -0.25) is 0 Å². The Morgan fingerprint density at radius 3 is 2.32 bits per heavy atom. The fraction of sp³-hybridized carbons (Fsp3) is 0.471. The standard InChI is InChI=1S/C17H21BrO2S2/c1-9-14(18)10(2)21-15(9)11(8-17(3,4)5)12-6-7-13(22-12)16(19)20/h6-7,11H,8H2,1-5H3,(H,19,20). The number of carbonyl (C=O) groups is 1. The van der Waals surface area contributed by atoms with Crippen LogP contribution in [-0.4, -0.2) is 11.1 Å². The third-order valence-corrected chi connectivity index (χ3v) is 7.54. The van der Waals surface area contributed by atoms with Crippen LogP contribution in [0.5, 0.6) is 0 Å². The molecule has 0 aliphatic carbocycles. The van der Waals surface area contributed by atoms with E-state index in [1.807, 2.05) is 17.4 Å². The highest BCUT2D eigenvalue weighted by Crippen LogP contribution is 2.45. The molecule has 2 aromatic rings. The minimum atomic E-state index is -0.842. The van der Waals surface area contributed by atoms with Crippen LogP contribution in [0.15, 0.2) is 16.6 Å². The highest BCUT2D eigenvalue weighted by molar-refractivity contribution is 9.10. The Balaban J connectivity index is 2.50. The molecular weight excluding hydrogens is 380 g/mol. The number of carboxylic acid groups (broad SMARTS) is 1. The van der Waals surface area contributed by atoms with Crippen molar-refractivity contribution < 1.29 is 9.90 Å². The second kappa shape index (κ2) is 6.46. The van der Waals surface area contributed by atoms with Crippen LogP contribution in [0.1, 0.15) is 63.0 Å². The van der Waals surface area contributed by atoms with Gasteiger partial charge in [0.25, 0.3) is 0 Å². The molecule has 1 atom stereocenters. The first-order chi connectivity index (χ1) is 10.1. The number of rotatable bonds is 4. The van der Waals surface area contributed by atoms with Crippen LogP contribution in [-0.2, 0) is 0 Å². The average molecular weight is 401 g/mol. The van der Waals surface area contributed by atoms with E-state index in [4.69, 9.17) is 0 Å². The molecule has 0 saturated heterocycles. The van der Waals surface area contributed by atoms with E-state index in [2.05, 4.69) is 50.5 Å². The summed E-state index contributed by atoms with van der Waals surface area (Å²) in [5.41, 5.74) is 1.46. The zero-order valence-electron chi connectivity index (χ0n) is 13.5. The van der Waals surface area contributed by atoms with Gasteiger partial charge in [0.05, 0.1) is 0 Å². The normalized spacial score (nSPS) is 13.4. The molecule has 120 valence electrons. The Morgan fingerprint density at radius 2 is 1.91 bits per heavy atom. The van der Waals surface area contributed by atoms with Crippen molar-refractivity contribution in [1.82, 2.24) is 0 Å². The molecule has 0 bridgehead atoms. The molecule has 0 spiro atoms. The molecule has 0 saturated carbocycles. The van der Waals surface area contributed by atoms with Crippen molar-refractivity contribution in [2.45, 2.75) is 47.0 Å². The zero-order chi connectivity index (χ0) is 16.7. The molecule has 5 heteroatoms. The van der Waals surface area contributed by atoms with Gasteiger partial charge in [-0.05, 0) is 59.3 Å². The Bertz CT molecular complexity index is 692. The van der Waals surface area contributed by atoms with Crippen molar-refractivity contribution in [3.8, 4) is 0 Å². The van der Waals surface area contributed by atoms with Gasteiger partial charge >= 0.3 is 5.97 Å². The van der Waals surface area contributed by atoms with Gasteiger partial charge in [0.15, 0.2) is 0 Å². The number of carboxylic acids is 1. The number of thiophene rings is 2. The Morgan fingerprint density at radius 1 is 1.27 bits per heavy atom. The summed E-state index contributed by atoms with van der Waals surface area (Å²) in [5.74, 6) is -0.584. The third kappa shape index (κ3) is 3.81. The second-order valence-electron chi connectivity index (χ2n) is 6.79. The lowest BCUT2D eigenvalue weighted by Gasteiger charge is -2.25. The maximum Gasteiger partial charge on any atom is 0.345 e. The average Bonchev–Trinajstić information content (AvgIpc) is 2.97. The summed E-state index contributed by atoms with van der Waals surface area (Å²) in [4.78, 5) is 15.4. The summed E-state index contributed by atoms with van der Waals surface area (Å²) in [6, 6.07) is 3.70. The Labute approximate surface area is 148 Å². The lowest BCUT2D eigenvalue weighted by molar-refractivity contribution is 0.0702. The molecule has 0 aliphatic rings. The predicted molar refractivity (Wildman–Crippen MR) is 98.7 cm³/mol. The minimum absolute atomic E-state index is 0.175. The Hall–Kier alpha value is -0.650. The molecule has 1 N–H and O–H groups in total. The van der Waals surface area contributed by atoms with Crippen molar-refractivity contribution in [3.05, 3.63) is 41.7 Å². The fourth-order valence-corrected chi connectivity index (χ4v) is 5.38. The highest BCUT2D eigenvalue weighted by atomic mass is 79.9. The van der Waals surface area contributed by atoms with E-state index in [1.54, 1.807) is 6.07 Å². The molecule has 0 aromatic carbocycles. The van der Waals surface area contributed by atoms with E-state index in [0.717, 1.165) is 11.3 Å². The van der Waals surface area contributed by atoms with Crippen molar-refractivity contribution in [3.63, 3.8) is 0 Å². The van der Waals surface area contributed by atoms with Gasteiger partial charge in [-0.25, -0.2) is 4.79 Å². The Kier molecular flexibility index (Phi) is 5.20. The van der Waals surface area contributed by atoms with E-state index in [1.165, 1.54) is 31.1 Å². The van der Waals surface area contributed by atoms with E-state index < -0.39 is 5.97 Å². The monoisotopic (exact) mass is 400 g/mol. The van der Waals surface area contributed by atoms with E-state index in [-0.39, 0.29) is 11.3 Å². The number of aryl methyl sites for hydroxylation is 1. The number of aromatic carboxylic acids is 1. The van der Waals surface area contributed by atoms with Crippen LogP contribution in [0.4, 0.5) is 0 Å². The van der Waals surface area contributed by atoms with Gasteiger partial charge in [-0.15, -0.1) is 22.7 Å². The molecule has 2 nitrogen and oxygen atoms in total. The SMILES string of the molecule is Cc1sc(C(CC(C)(C)C)c2ccc(C(=O)O)s2)c(C)c1Br. The summed E-state index contributed by atoms with van der Waals surface area (Å²) in [6.07, 6.45) is 1.000. The van der Waals surface area contributed by atoms with Crippen LogP contribution < -0.4 is 0 Å². The van der Waals surface area contributed by atoms with Crippen molar-refractivity contribution in [1.29, 1.82) is 0 Å². The summed E-state index contributed by atoms with van der Waals surface area (Å²) in [6.45, 7) is 11.0. The van der Waals surface area contributed by atoms with E-state index >= 15 is 0 Å². The maximum atomic E-state index is 11.2. The first-order valence-corrected chi connectivity index (χ1v) is 9.61. The molecule has 2 heterocycles. The van der Waals surface area contributed by atoms with Crippen molar-refractivity contribution in [2.24, 2.45) is 5.41 Å². The smallest absolute Gasteiger partial charge is 0.345 e. The molecule has 0 aliphatic heterocycles. The zero-order valence-corrected chi connectivity index (χ0v) is 16.7. The number of hydrogen-bond acceptors (Lipinski definition) is 3. The van der Waals surface area contributed by atoms with Crippen LogP contribution >= 0.6 is 38.6 Å². The number of halogens is 1. The van der Waals surface area contributed by atoms with Crippen LogP contribution in [0.2, 0.25) is 0 Å². The van der Waals surface area contributed by atoms with Crippen LogP contribution in [0.25, 0.3) is 0 Å². The molecular formula is C17H21BrO2S2. The van der Waals surface area contributed by atoms with Gasteiger partial charge in [0.2, 0.25) is 0 Å². The fourth-order valence-electron chi connectivity index (χ4n) is 2.58. The largest absolute Gasteiger partial charge is 0.477 e. The van der Waals surface area contributed by atoms with Crippen LogP contribution in [0, 0.1) is 19.3 Å². The van der Waals surface area contributed by atoms with Gasteiger partial charge < -0.3 is 5.11 Å². The van der Waals surface area contributed by atoms with Crippen LogP contribution in [0.3, 0.4) is 0 Å². The molecule has 1 unspecified atom stereocenters. The van der Waals surface area contributed by atoms with Crippen molar-refractivity contribution in [2.75, 3.05) is 0 Å². The first-order valence-electron chi connectivity index (χ1n) is 7.18. The first kappa shape index (κ1) is 17.7. The molecule has 2 aromatic heterocycles. The maximum absolute atomic E-state index is 11.2. The number of hydrogen-bond donors (Lipinski definition) is 1. The predicted octanol–water partition coefficient (Wildman–Crippen LogP) is 6.46. The van der Waals surface area contributed by atoms with E-state index in [9.17, 15) is 9.90 Å². The van der Waals surface area contributed by atoms with Crippen molar-refractivity contribution >= 4 is 44.6 Å². The summed E-state index contributed by atoms with van der Waals surface area (Å²) >= 11 is 6.88. The summed E-state index contributed by atoms with van der Waals surface area (Å²) in [5, 5.41) is 9.19. The second-order valence-corrected chi connectivity index (χ2v) is 9.95. The third-order valence-electron chi connectivity index (χ3n) is 3.58. The minimum Gasteiger partial charge on any atom is -0.477 e. The molecule has 2 rings (SSSR count). The van der Waals surface area contributed by atoms with E-state index in [0.29, 0.717) is 4.88 Å². The molecule has 0 radical (unpaired) electrons. The van der Waals surface area contributed by atoms with Gasteiger partial charge in [0.1, 0.15) is 4.88 Å². The quantitative estimate of drug-likeness (QED) is 0.639. The molecule has 22 heavy (non-hydrogen) atoms. The lowest BCUT2D eigenvalue weighted by Crippen LogP contribution is -2.12. The summed E-state index contributed by atoms with van der Waals surface area (Å²) < 4.78 is 1.18. The lowest BCUT2D eigenvalue weighted by atomic mass is 9.82. The molecule has 0 fully saturated rings. The topological polar surface area (TPSA) is 37.3 Å². The summed E-state index contributed by atoms with van der Waals surface area (Å²) in [7, 11) is 0. The van der Waals surface area contributed by atoms with Gasteiger partial charge in [0, 0.05) is 25.0 Å². The highest BCUT2D eigenvalue weighted by Gasteiger charge is 2.27. The molecule has 0 amide bonds. The van der Waals surface area contributed by atoms with Gasteiger partial charge in [-0.1, -0.05) is 20.8 Å².